The number of carbonyl (C=O) groups is 1. The first-order valence-corrected chi connectivity index (χ1v) is 11.8. The van der Waals surface area contributed by atoms with Crippen LogP contribution in [0.3, 0.4) is 0 Å². The fourth-order valence-corrected chi connectivity index (χ4v) is 5.13. The van der Waals surface area contributed by atoms with Crippen LogP contribution in [0, 0.1) is 0 Å². The minimum Gasteiger partial charge on any atom is -0.493 e. The van der Waals surface area contributed by atoms with Crippen molar-refractivity contribution in [3.63, 3.8) is 0 Å². The molecule has 5 rings (SSSR count). The molecule has 0 atom stereocenters. The average molecular weight is 480 g/mol. The summed E-state index contributed by atoms with van der Waals surface area (Å²) < 4.78 is 12.5. The Kier molecular flexibility index (Phi) is 6.07. The number of hydrogen-bond donors (Lipinski definition) is 0. The van der Waals surface area contributed by atoms with Gasteiger partial charge < -0.3 is 19.3 Å². The summed E-state index contributed by atoms with van der Waals surface area (Å²) >= 11 is 7.85. The molecule has 168 valence electrons. The second-order valence-corrected chi connectivity index (χ2v) is 9.03. The maximum Gasteiger partial charge on any atom is 0.257 e. The third-order valence-corrected chi connectivity index (χ3v) is 6.96. The van der Waals surface area contributed by atoms with Gasteiger partial charge in [0, 0.05) is 26.2 Å². The Morgan fingerprint density at radius 3 is 2.45 bits per heavy atom. The highest BCUT2D eigenvalue weighted by Crippen LogP contribution is 2.38. The highest BCUT2D eigenvalue weighted by Gasteiger charge is 2.26. The summed E-state index contributed by atoms with van der Waals surface area (Å²) in [5.41, 5.74) is 1.34. The highest BCUT2D eigenvalue weighted by molar-refractivity contribution is 7.22. The average Bonchev–Trinajstić information content (AvgIpc) is 3.29. The fourth-order valence-electron chi connectivity index (χ4n) is 3.88. The van der Waals surface area contributed by atoms with Crippen LogP contribution in [0.2, 0.25) is 5.02 Å². The Hall–Kier alpha value is -3.29. The van der Waals surface area contributed by atoms with E-state index < -0.39 is 0 Å². The predicted octanol–water partition coefficient (Wildman–Crippen LogP) is 5.71. The van der Waals surface area contributed by atoms with Crippen LogP contribution >= 0.6 is 22.9 Å². The summed E-state index contributed by atoms with van der Waals surface area (Å²) in [6, 6.07) is 20.7. The second kappa shape index (κ2) is 9.29. The monoisotopic (exact) mass is 479 g/mol. The molecule has 1 aromatic heterocycles. The molecule has 1 aliphatic rings. The van der Waals surface area contributed by atoms with E-state index in [0.717, 1.165) is 15.3 Å². The van der Waals surface area contributed by atoms with Gasteiger partial charge in [0.05, 0.1) is 22.4 Å². The van der Waals surface area contributed by atoms with Gasteiger partial charge in [-0.05, 0) is 36.4 Å². The van der Waals surface area contributed by atoms with Gasteiger partial charge >= 0.3 is 0 Å². The van der Waals surface area contributed by atoms with E-state index >= 15 is 0 Å². The fraction of sp³-hybridized carbons (Fsp3) is 0.200. The SMILES string of the molecule is COc1c(Cl)ccc2sc(N3CCN(C(=O)c4ccccc4Oc4ccccc4)CC3)nc12. The summed E-state index contributed by atoms with van der Waals surface area (Å²) in [4.78, 5) is 22.1. The van der Waals surface area contributed by atoms with Crippen LogP contribution in [-0.2, 0) is 0 Å². The molecule has 0 unspecified atom stereocenters. The van der Waals surface area contributed by atoms with E-state index in [2.05, 4.69) is 4.90 Å². The van der Waals surface area contributed by atoms with Crippen LogP contribution in [0.4, 0.5) is 5.13 Å². The van der Waals surface area contributed by atoms with Gasteiger partial charge in [0.15, 0.2) is 10.9 Å². The van der Waals surface area contributed by atoms with Gasteiger partial charge in [-0.1, -0.05) is 53.3 Å². The van der Waals surface area contributed by atoms with Crippen LogP contribution in [0.15, 0.2) is 66.7 Å². The number of carbonyl (C=O) groups excluding carboxylic acids is 1. The van der Waals surface area contributed by atoms with Crippen molar-refractivity contribution >= 4 is 44.2 Å². The van der Waals surface area contributed by atoms with Crippen molar-refractivity contribution in [2.75, 3.05) is 38.2 Å². The Morgan fingerprint density at radius 1 is 0.970 bits per heavy atom. The first-order valence-electron chi connectivity index (χ1n) is 10.6. The predicted molar refractivity (Wildman–Crippen MR) is 132 cm³/mol. The lowest BCUT2D eigenvalue weighted by Gasteiger charge is -2.34. The van der Waals surface area contributed by atoms with Crippen molar-refractivity contribution in [3.05, 3.63) is 77.3 Å². The van der Waals surface area contributed by atoms with E-state index in [1.54, 1.807) is 18.4 Å². The molecular weight excluding hydrogens is 458 g/mol. The zero-order chi connectivity index (χ0) is 22.8. The lowest BCUT2D eigenvalue weighted by Crippen LogP contribution is -2.48. The van der Waals surface area contributed by atoms with E-state index in [9.17, 15) is 4.79 Å². The molecule has 1 saturated heterocycles. The summed E-state index contributed by atoms with van der Waals surface area (Å²) in [5, 5.41) is 1.46. The third kappa shape index (κ3) is 4.34. The topological polar surface area (TPSA) is 54.9 Å². The van der Waals surface area contributed by atoms with Crippen molar-refractivity contribution in [2.45, 2.75) is 0 Å². The van der Waals surface area contributed by atoms with Crippen LogP contribution in [-0.4, -0.2) is 49.1 Å². The summed E-state index contributed by atoms with van der Waals surface area (Å²) in [6.45, 7) is 2.60. The van der Waals surface area contributed by atoms with Crippen LogP contribution in [0.1, 0.15) is 10.4 Å². The number of hydrogen-bond acceptors (Lipinski definition) is 6. The molecule has 1 amide bonds. The lowest BCUT2D eigenvalue weighted by atomic mass is 10.1. The van der Waals surface area contributed by atoms with Gasteiger partial charge in [-0.3, -0.25) is 4.79 Å². The van der Waals surface area contributed by atoms with Crippen molar-refractivity contribution in [2.24, 2.45) is 0 Å². The van der Waals surface area contributed by atoms with Gasteiger partial charge in [-0.15, -0.1) is 0 Å². The number of benzene rings is 3. The standard InChI is InChI=1S/C25H22ClN3O3S/c1-31-23-19(26)11-12-21-22(23)27-25(33-21)29-15-13-28(14-16-29)24(30)18-9-5-6-10-20(18)32-17-7-3-2-4-8-17/h2-12H,13-16H2,1H3. The minimum atomic E-state index is -0.0288. The minimum absolute atomic E-state index is 0.0288. The smallest absolute Gasteiger partial charge is 0.257 e. The number of anilines is 1. The Balaban J connectivity index is 1.30. The molecule has 2 heterocycles. The van der Waals surface area contributed by atoms with Gasteiger partial charge in [-0.25, -0.2) is 4.98 Å². The lowest BCUT2D eigenvalue weighted by molar-refractivity contribution is 0.0744. The van der Waals surface area contributed by atoms with Crippen LogP contribution in [0.25, 0.3) is 10.2 Å². The van der Waals surface area contributed by atoms with Crippen molar-refractivity contribution in [1.29, 1.82) is 0 Å². The first-order chi connectivity index (χ1) is 16.1. The van der Waals surface area contributed by atoms with Crippen LogP contribution in [0.5, 0.6) is 17.2 Å². The number of ether oxygens (including phenoxy) is 2. The van der Waals surface area contributed by atoms with E-state index in [-0.39, 0.29) is 5.91 Å². The zero-order valence-electron chi connectivity index (χ0n) is 18.0. The molecule has 1 aliphatic heterocycles. The van der Waals surface area contributed by atoms with Crippen molar-refractivity contribution < 1.29 is 14.3 Å². The molecule has 8 heteroatoms. The Labute approximate surface area is 200 Å². The largest absolute Gasteiger partial charge is 0.493 e. The maximum absolute atomic E-state index is 13.3. The molecule has 33 heavy (non-hydrogen) atoms. The number of aromatic nitrogens is 1. The summed E-state index contributed by atoms with van der Waals surface area (Å²) in [6.07, 6.45) is 0. The number of nitrogens with zero attached hydrogens (tertiary/aromatic N) is 3. The quantitative estimate of drug-likeness (QED) is 0.367. The number of halogens is 1. The molecule has 0 N–H and O–H groups in total. The van der Waals surface area contributed by atoms with Gasteiger partial charge in [0.25, 0.3) is 5.91 Å². The van der Waals surface area contributed by atoms with Crippen LogP contribution < -0.4 is 14.4 Å². The van der Waals surface area contributed by atoms with E-state index in [1.807, 2.05) is 71.6 Å². The number of para-hydroxylation sites is 2. The second-order valence-electron chi connectivity index (χ2n) is 7.61. The van der Waals surface area contributed by atoms with Gasteiger partial charge in [0.1, 0.15) is 17.0 Å². The Bertz CT molecular complexity index is 1290. The van der Waals surface area contributed by atoms with E-state index in [1.165, 1.54) is 0 Å². The molecule has 0 radical (unpaired) electrons. The number of amides is 1. The number of piperazine rings is 1. The number of rotatable bonds is 5. The first kappa shape index (κ1) is 21.6. The molecule has 0 saturated carbocycles. The van der Waals surface area contributed by atoms with E-state index in [0.29, 0.717) is 54.0 Å². The van der Waals surface area contributed by atoms with E-state index in [4.69, 9.17) is 26.1 Å². The normalized spacial score (nSPS) is 13.9. The molecular formula is C25H22ClN3O3S. The molecule has 3 aromatic carbocycles. The van der Waals surface area contributed by atoms with Crippen molar-refractivity contribution in [1.82, 2.24) is 9.88 Å². The van der Waals surface area contributed by atoms with Gasteiger partial charge in [-0.2, -0.15) is 0 Å². The third-order valence-electron chi connectivity index (χ3n) is 5.59. The number of fused-ring (bicyclic) bond motifs is 1. The molecule has 4 aromatic rings. The summed E-state index contributed by atoms with van der Waals surface area (Å²) in [7, 11) is 1.60. The maximum atomic E-state index is 13.3. The number of thiazole rings is 1. The molecule has 6 nitrogen and oxygen atoms in total. The molecule has 0 spiro atoms. The zero-order valence-corrected chi connectivity index (χ0v) is 19.6. The Morgan fingerprint density at radius 2 is 1.70 bits per heavy atom. The summed E-state index contributed by atoms with van der Waals surface area (Å²) in [5.74, 6) is 1.83. The van der Waals surface area contributed by atoms with Gasteiger partial charge in [0.2, 0.25) is 0 Å². The number of methoxy groups -OCH3 is 1. The molecule has 0 bridgehead atoms. The van der Waals surface area contributed by atoms with Crippen molar-refractivity contribution in [3.8, 4) is 17.2 Å². The molecule has 1 fully saturated rings. The highest BCUT2D eigenvalue weighted by atomic mass is 35.5. The molecule has 0 aliphatic carbocycles.